The summed E-state index contributed by atoms with van der Waals surface area (Å²) in [6.45, 7) is 1.27. The maximum absolute atomic E-state index is 10.9. The number of rotatable bonds is 3. The Labute approximate surface area is 104 Å². The minimum Gasteiger partial charge on any atom is -0.387 e. The molecule has 7 nitrogen and oxygen atoms in total. The molecule has 0 bridgehead atoms. The predicted molar refractivity (Wildman–Crippen MR) is 58.9 cm³/mol. The SMILES string of the molecule is O=C=C([C@@H](O)[C@H]1O[C@H](O)[C@@H](O)[C@H]1O)N1CCCC1. The zero-order chi connectivity index (χ0) is 13.3. The fourth-order valence-electron chi connectivity index (χ4n) is 2.37. The quantitative estimate of drug-likeness (QED) is 0.418. The van der Waals surface area contributed by atoms with Crippen molar-refractivity contribution in [1.29, 1.82) is 0 Å². The van der Waals surface area contributed by atoms with E-state index in [-0.39, 0.29) is 5.70 Å². The van der Waals surface area contributed by atoms with Gasteiger partial charge in [-0.05, 0) is 12.8 Å². The lowest BCUT2D eigenvalue weighted by Gasteiger charge is -2.27. The van der Waals surface area contributed by atoms with Crippen LogP contribution in [0.5, 0.6) is 0 Å². The molecule has 0 radical (unpaired) electrons. The van der Waals surface area contributed by atoms with Gasteiger partial charge in [0.25, 0.3) is 0 Å². The molecule has 0 aromatic carbocycles. The second-order valence-electron chi connectivity index (χ2n) is 4.60. The molecule has 0 amide bonds. The third kappa shape index (κ3) is 2.29. The first-order valence-electron chi connectivity index (χ1n) is 5.94. The van der Waals surface area contributed by atoms with Crippen LogP contribution in [0.25, 0.3) is 0 Å². The van der Waals surface area contributed by atoms with Gasteiger partial charge in [-0.3, -0.25) is 0 Å². The van der Waals surface area contributed by atoms with Crippen molar-refractivity contribution in [3.63, 3.8) is 0 Å². The van der Waals surface area contributed by atoms with E-state index < -0.39 is 30.7 Å². The Balaban J connectivity index is 2.10. The van der Waals surface area contributed by atoms with Crippen molar-refractivity contribution >= 4 is 5.94 Å². The van der Waals surface area contributed by atoms with Gasteiger partial charge in [0.2, 0.25) is 0 Å². The topological polar surface area (TPSA) is 110 Å². The number of hydrogen-bond donors (Lipinski definition) is 4. The smallest absolute Gasteiger partial charge is 0.184 e. The third-order valence-electron chi connectivity index (χ3n) is 3.42. The Morgan fingerprint density at radius 2 is 1.83 bits per heavy atom. The summed E-state index contributed by atoms with van der Waals surface area (Å²) in [7, 11) is 0. The number of aliphatic hydroxyl groups excluding tert-OH is 4. The highest BCUT2D eigenvalue weighted by atomic mass is 16.6. The predicted octanol–water partition coefficient (Wildman–Crippen LogP) is -2.40. The van der Waals surface area contributed by atoms with Crippen LogP contribution in [0.2, 0.25) is 0 Å². The van der Waals surface area contributed by atoms with Gasteiger partial charge in [-0.25, -0.2) is 4.79 Å². The summed E-state index contributed by atoms with van der Waals surface area (Å²) < 4.78 is 4.87. The Bertz CT molecular complexity index is 349. The Hall–Kier alpha value is -0.950. The van der Waals surface area contributed by atoms with Crippen LogP contribution in [0, 0.1) is 0 Å². The minimum absolute atomic E-state index is 0.00199. The molecule has 18 heavy (non-hydrogen) atoms. The van der Waals surface area contributed by atoms with Gasteiger partial charge in [0, 0.05) is 13.1 Å². The molecule has 0 aromatic rings. The average molecular weight is 259 g/mol. The molecule has 102 valence electrons. The third-order valence-corrected chi connectivity index (χ3v) is 3.42. The monoisotopic (exact) mass is 259 g/mol. The molecule has 0 aliphatic carbocycles. The van der Waals surface area contributed by atoms with Gasteiger partial charge < -0.3 is 30.1 Å². The Kier molecular flexibility index (Phi) is 4.01. The summed E-state index contributed by atoms with van der Waals surface area (Å²) >= 11 is 0. The fraction of sp³-hybridized carbons (Fsp3) is 0.818. The largest absolute Gasteiger partial charge is 0.387 e. The molecule has 2 fully saturated rings. The zero-order valence-electron chi connectivity index (χ0n) is 9.77. The fourth-order valence-corrected chi connectivity index (χ4v) is 2.37. The molecule has 0 saturated carbocycles. The van der Waals surface area contributed by atoms with Crippen LogP contribution in [0.1, 0.15) is 12.8 Å². The first-order chi connectivity index (χ1) is 8.56. The van der Waals surface area contributed by atoms with Crippen LogP contribution in [-0.4, -0.2) is 75.1 Å². The molecule has 2 rings (SSSR count). The highest BCUT2D eigenvalue weighted by Crippen LogP contribution is 2.27. The van der Waals surface area contributed by atoms with Gasteiger partial charge >= 0.3 is 0 Å². The normalized spacial score (nSPS) is 37.7. The summed E-state index contributed by atoms with van der Waals surface area (Å²) in [6, 6.07) is 0. The van der Waals surface area contributed by atoms with E-state index in [1.54, 1.807) is 10.8 Å². The van der Waals surface area contributed by atoms with E-state index in [0.29, 0.717) is 13.1 Å². The van der Waals surface area contributed by atoms with Crippen LogP contribution >= 0.6 is 0 Å². The maximum Gasteiger partial charge on any atom is 0.184 e. The molecule has 0 spiro atoms. The van der Waals surface area contributed by atoms with Crippen molar-refractivity contribution in [2.75, 3.05) is 13.1 Å². The summed E-state index contributed by atoms with van der Waals surface area (Å²) in [6.07, 6.45) is -5.31. The van der Waals surface area contributed by atoms with Crippen LogP contribution in [0.15, 0.2) is 5.70 Å². The number of carbonyl (C=O) groups excluding carboxylic acids is 1. The minimum atomic E-state index is -1.56. The van der Waals surface area contributed by atoms with E-state index in [0.717, 1.165) is 12.8 Å². The summed E-state index contributed by atoms with van der Waals surface area (Å²) in [5, 5.41) is 38.2. The number of ether oxygens (including phenoxy) is 1. The molecule has 4 N–H and O–H groups in total. The first kappa shape index (κ1) is 13.5. The first-order valence-corrected chi connectivity index (χ1v) is 5.94. The highest BCUT2D eigenvalue weighted by molar-refractivity contribution is 5.53. The lowest BCUT2D eigenvalue weighted by molar-refractivity contribution is -0.143. The van der Waals surface area contributed by atoms with Gasteiger partial charge in [-0.2, -0.15) is 0 Å². The Morgan fingerprint density at radius 1 is 1.22 bits per heavy atom. The van der Waals surface area contributed by atoms with Crippen molar-refractivity contribution in [2.24, 2.45) is 0 Å². The van der Waals surface area contributed by atoms with E-state index in [4.69, 9.17) is 4.74 Å². The average Bonchev–Trinajstić information content (AvgIpc) is 2.95. The van der Waals surface area contributed by atoms with E-state index in [1.165, 1.54) is 0 Å². The van der Waals surface area contributed by atoms with Gasteiger partial charge in [0.05, 0.1) is 0 Å². The summed E-state index contributed by atoms with van der Waals surface area (Å²) in [5.74, 6) is 1.66. The van der Waals surface area contributed by atoms with Crippen LogP contribution in [0.4, 0.5) is 0 Å². The standard InChI is InChI=1S/C11H17NO6/c13-5-6(12-3-1-2-4-12)7(14)10-8(15)9(16)11(17)18-10/h7-11,14-17H,1-4H2/t7-,8-,9+,10-,11+/m1/s1. The van der Waals surface area contributed by atoms with Crippen LogP contribution in [-0.2, 0) is 9.53 Å². The molecule has 0 aromatic heterocycles. The summed E-state index contributed by atoms with van der Waals surface area (Å²) in [4.78, 5) is 12.6. The van der Waals surface area contributed by atoms with Crippen molar-refractivity contribution in [2.45, 2.75) is 43.5 Å². The summed E-state index contributed by atoms with van der Waals surface area (Å²) in [5.41, 5.74) is -0.00199. The molecule has 5 atom stereocenters. The van der Waals surface area contributed by atoms with E-state index in [9.17, 15) is 25.2 Å². The van der Waals surface area contributed by atoms with Crippen molar-refractivity contribution in [3.8, 4) is 0 Å². The second kappa shape index (κ2) is 5.36. The number of hydrogen-bond acceptors (Lipinski definition) is 7. The van der Waals surface area contributed by atoms with Crippen molar-refractivity contribution < 1.29 is 30.0 Å². The van der Waals surface area contributed by atoms with Gasteiger partial charge in [0.15, 0.2) is 6.29 Å². The zero-order valence-corrected chi connectivity index (χ0v) is 9.77. The molecular weight excluding hydrogens is 242 g/mol. The van der Waals surface area contributed by atoms with Crippen LogP contribution in [0.3, 0.4) is 0 Å². The van der Waals surface area contributed by atoms with E-state index >= 15 is 0 Å². The molecule has 2 heterocycles. The number of aliphatic hydroxyl groups is 4. The molecule has 2 saturated heterocycles. The maximum atomic E-state index is 10.9. The van der Waals surface area contributed by atoms with E-state index in [1.807, 2.05) is 0 Å². The lowest BCUT2D eigenvalue weighted by atomic mass is 10.0. The van der Waals surface area contributed by atoms with Gasteiger partial charge in [-0.15, -0.1) is 0 Å². The molecule has 7 heteroatoms. The molecule has 2 aliphatic heterocycles. The van der Waals surface area contributed by atoms with Gasteiger partial charge in [-0.1, -0.05) is 0 Å². The van der Waals surface area contributed by atoms with Crippen molar-refractivity contribution in [3.05, 3.63) is 5.70 Å². The Morgan fingerprint density at radius 3 is 2.28 bits per heavy atom. The number of nitrogens with zero attached hydrogens (tertiary/aromatic N) is 1. The molecule has 0 unspecified atom stereocenters. The van der Waals surface area contributed by atoms with Crippen LogP contribution < -0.4 is 0 Å². The second-order valence-corrected chi connectivity index (χ2v) is 4.60. The number of likely N-dealkylation sites (tertiary alicyclic amines) is 1. The molecular formula is C11H17NO6. The molecule has 2 aliphatic rings. The highest BCUT2D eigenvalue weighted by Gasteiger charge is 2.47. The van der Waals surface area contributed by atoms with Gasteiger partial charge in [0.1, 0.15) is 36.1 Å². The lowest BCUT2D eigenvalue weighted by Crippen LogP contribution is -2.43. The van der Waals surface area contributed by atoms with E-state index in [2.05, 4.69) is 0 Å². The van der Waals surface area contributed by atoms with Crippen molar-refractivity contribution in [1.82, 2.24) is 4.90 Å².